The number of hydrogen-bond acceptors (Lipinski definition) is 4. The third-order valence-electron chi connectivity index (χ3n) is 3.30. The Morgan fingerprint density at radius 1 is 1.15 bits per heavy atom. The van der Waals surface area contributed by atoms with Crippen LogP contribution in [0.3, 0.4) is 0 Å². The first-order chi connectivity index (χ1) is 9.40. The maximum atomic E-state index is 11.6. The summed E-state index contributed by atoms with van der Waals surface area (Å²) >= 11 is 3.48. The molecule has 0 bridgehead atoms. The van der Waals surface area contributed by atoms with Crippen molar-refractivity contribution >= 4 is 39.0 Å². The fourth-order valence-electron chi connectivity index (χ4n) is 2.19. The van der Waals surface area contributed by atoms with Gasteiger partial charge in [0.15, 0.2) is 0 Å². The van der Waals surface area contributed by atoms with E-state index in [9.17, 15) is 9.59 Å². The summed E-state index contributed by atoms with van der Waals surface area (Å²) in [5, 5.41) is 2.60. The molecule has 1 N–H and O–H groups in total. The summed E-state index contributed by atoms with van der Waals surface area (Å²) in [4.78, 5) is 27.3. The van der Waals surface area contributed by atoms with Crippen LogP contribution in [0.1, 0.15) is 16.8 Å². The van der Waals surface area contributed by atoms with Crippen molar-refractivity contribution in [2.45, 2.75) is 6.42 Å². The van der Waals surface area contributed by atoms with Crippen molar-refractivity contribution in [1.82, 2.24) is 4.90 Å². The maximum absolute atomic E-state index is 11.6. The second kappa shape index (κ2) is 5.93. The van der Waals surface area contributed by atoms with Gasteiger partial charge in [0.25, 0.3) is 11.7 Å². The second-order valence-electron chi connectivity index (χ2n) is 5.21. The van der Waals surface area contributed by atoms with Crippen molar-refractivity contribution in [2.24, 2.45) is 0 Å². The molecule has 6 heteroatoms. The molecule has 0 radical (unpaired) electrons. The summed E-state index contributed by atoms with van der Waals surface area (Å²) in [5.74, 6) is -1.03. The number of rotatable bonds is 5. The third kappa shape index (κ3) is 3.02. The summed E-state index contributed by atoms with van der Waals surface area (Å²) in [6, 6.07) is 3.56. The molecule has 1 heterocycles. The molecule has 1 aliphatic rings. The van der Waals surface area contributed by atoms with Gasteiger partial charge >= 0.3 is 0 Å². The molecule has 0 atom stereocenters. The average Bonchev–Trinajstić information content (AvgIpc) is 2.64. The van der Waals surface area contributed by atoms with Gasteiger partial charge < -0.3 is 15.1 Å². The van der Waals surface area contributed by atoms with Gasteiger partial charge in [0.05, 0.1) is 16.9 Å². The average molecular weight is 340 g/mol. The van der Waals surface area contributed by atoms with Crippen LogP contribution < -0.4 is 10.2 Å². The molecule has 1 aromatic carbocycles. The highest BCUT2D eigenvalue weighted by Gasteiger charge is 2.29. The molecule has 0 saturated heterocycles. The van der Waals surface area contributed by atoms with E-state index < -0.39 is 11.7 Å². The van der Waals surface area contributed by atoms with Gasteiger partial charge in [-0.1, -0.05) is 0 Å². The van der Waals surface area contributed by atoms with E-state index in [1.165, 1.54) is 0 Å². The summed E-state index contributed by atoms with van der Waals surface area (Å²) in [5.41, 5.74) is 2.00. The molecule has 2 rings (SSSR count). The Labute approximate surface area is 127 Å². The van der Waals surface area contributed by atoms with E-state index in [0.29, 0.717) is 11.3 Å². The predicted molar refractivity (Wildman–Crippen MR) is 83.5 cm³/mol. The molecule has 0 saturated carbocycles. The standard InChI is InChI=1S/C14H18BrN3O2/c1-17(2)5-4-6-18(3)12-8-11-9(7-10(12)15)13(19)14(20)16-11/h7-8H,4-6H2,1-3H3,(H,16,19,20). The lowest BCUT2D eigenvalue weighted by Crippen LogP contribution is -2.23. The minimum absolute atomic E-state index is 0.437. The zero-order valence-electron chi connectivity index (χ0n) is 11.9. The maximum Gasteiger partial charge on any atom is 0.296 e. The lowest BCUT2D eigenvalue weighted by molar-refractivity contribution is -0.112. The predicted octanol–water partition coefficient (Wildman–Crippen LogP) is 1.97. The zero-order valence-corrected chi connectivity index (χ0v) is 13.5. The number of amides is 1. The molecule has 5 nitrogen and oxygen atoms in total. The highest BCUT2D eigenvalue weighted by atomic mass is 79.9. The number of halogens is 1. The number of fused-ring (bicyclic) bond motifs is 1. The summed E-state index contributed by atoms with van der Waals surface area (Å²) in [7, 11) is 6.10. The molecule has 0 unspecified atom stereocenters. The third-order valence-corrected chi connectivity index (χ3v) is 3.93. The highest BCUT2D eigenvalue weighted by molar-refractivity contribution is 9.10. The number of anilines is 2. The lowest BCUT2D eigenvalue weighted by Gasteiger charge is -2.22. The molecule has 0 fully saturated rings. The van der Waals surface area contributed by atoms with Crippen LogP contribution in [0.25, 0.3) is 0 Å². The van der Waals surface area contributed by atoms with E-state index >= 15 is 0 Å². The van der Waals surface area contributed by atoms with Gasteiger partial charge in [0, 0.05) is 18.1 Å². The Balaban J connectivity index is 2.15. The topological polar surface area (TPSA) is 52.7 Å². The van der Waals surface area contributed by atoms with Gasteiger partial charge in [0.1, 0.15) is 0 Å². The van der Waals surface area contributed by atoms with Gasteiger partial charge in [-0.2, -0.15) is 0 Å². The van der Waals surface area contributed by atoms with E-state index in [4.69, 9.17) is 0 Å². The fourth-order valence-corrected chi connectivity index (χ4v) is 2.84. The van der Waals surface area contributed by atoms with E-state index in [2.05, 4.69) is 31.0 Å². The first-order valence-electron chi connectivity index (χ1n) is 6.45. The van der Waals surface area contributed by atoms with Crippen molar-refractivity contribution in [1.29, 1.82) is 0 Å². The largest absolute Gasteiger partial charge is 0.374 e. The Bertz CT molecular complexity index is 558. The molecule has 0 aromatic heterocycles. The number of nitrogens with zero attached hydrogens (tertiary/aromatic N) is 2. The van der Waals surface area contributed by atoms with Gasteiger partial charge in [-0.05, 0) is 55.1 Å². The van der Waals surface area contributed by atoms with Crippen LogP contribution in [0.15, 0.2) is 16.6 Å². The number of benzene rings is 1. The number of carbonyl (C=O) groups excluding carboxylic acids is 2. The van der Waals surface area contributed by atoms with Gasteiger partial charge in [-0.25, -0.2) is 0 Å². The monoisotopic (exact) mass is 339 g/mol. The van der Waals surface area contributed by atoms with Crippen molar-refractivity contribution in [3.63, 3.8) is 0 Å². The van der Waals surface area contributed by atoms with Crippen molar-refractivity contribution in [3.05, 3.63) is 22.2 Å². The Morgan fingerprint density at radius 3 is 2.50 bits per heavy atom. The van der Waals surface area contributed by atoms with Crippen LogP contribution in [0.2, 0.25) is 0 Å². The molecule has 0 aliphatic carbocycles. The van der Waals surface area contributed by atoms with E-state index in [0.717, 1.165) is 29.7 Å². The first-order valence-corrected chi connectivity index (χ1v) is 7.24. The van der Waals surface area contributed by atoms with Crippen molar-refractivity contribution in [2.75, 3.05) is 44.4 Å². The van der Waals surface area contributed by atoms with Crippen molar-refractivity contribution < 1.29 is 9.59 Å². The molecule has 108 valence electrons. The highest BCUT2D eigenvalue weighted by Crippen LogP contribution is 2.34. The summed E-state index contributed by atoms with van der Waals surface area (Å²) in [6.45, 7) is 1.92. The number of Topliss-reactive ketones (excluding diaryl/α,β-unsaturated/α-hetero) is 1. The number of carbonyl (C=O) groups is 2. The summed E-state index contributed by atoms with van der Waals surface area (Å²) in [6.07, 6.45) is 1.04. The number of nitrogens with one attached hydrogen (secondary N) is 1. The Hall–Kier alpha value is -1.40. The van der Waals surface area contributed by atoms with Crippen LogP contribution in [0, 0.1) is 0 Å². The van der Waals surface area contributed by atoms with Crippen LogP contribution in [0.4, 0.5) is 11.4 Å². The van der Waals surface area contributed by atoms with Crippen LogP contribution in [0.5, 0.6) is 0 Å². The second-order valence-corrected chi connectivity index (χ2v) is 6.07. The van der Waals surface area contributed by atoms with E-state index in [1.54, 1.807) is 6.07 Å². The van der Waals surface area contributed by atoms with Crippen LogP contribution in [-0.4, -0.2) is 50.8 Å². The first kappa shape index (κ1) is 15.0. The molecular weight excluding hydrogens is 322 g/mol. The van der Waals surface area contributed by atoms with Crippen molar-refractivity contribution in [3.8, 4) is 0 Å². The Morgan fingerprint density at radius 2 is 1.85 bits per heavy atom. The SMILES string of the molecule is CN(C)CCCN(C)c1cc2c(cc1Br)C(=O)C(=O)N2. The minimum Gasteiger partial charge on any atom is -0.374 e. The number of hydrogen-bond donors (Lipinski definition) is 1. The molecular formula is C14H18BrN3O2. The normalized spacial score (nSPS) is 13.7. The number of ketones is 1. The zero-order chi connectivity index (χ0) is 14.9. The quantitative estimate of drug-likeness (QED) is 0.833. The van der Waals surface area contributed by atoms with Crippen LogP contribution in [-0.2, 0) is 4.79 Å². The van der Waals surface area contributed by atoms with Gasteiger partial charge in [-0.15, -0.1) is 0 Å². The molecule has 1 aliphatic heterocycles. The smallest absolute Gasteiger partial charge is 0.296 e. The van der Waals surface area contributed by atoms with E-state index in [-0.39, 0.29) is 0 Å². The fraction of sp³-hybridized carbons (Fsp3) is 0.429. The van der Waals surface area contributed by atoms with E-state index in [1.807, 2.05) is 27.2 Å². The Kier molecular flexibility index (Phi) is 4.45. The van der Waals surface area contributed by atoms with Gasteiger partial charge in [0.2, 0.25) is 0 Å². The molecule has 20 heavy (non-hydrogen) atoms. The molecule has 0 spiro atoms. The molecule has 1 amide bonds. The van der Waals surface area contributed by atoms with Gasteiger partial charge in [-0.3, -0.25) is 9.59 Å². The molecule has 1 aromatic rings. The summed E-state index contributed by atoms with van der Waals surface area (Å²) < 4.78 is 0.827. The minimum atomic E-state index is -0.556. The van der Waals surface area contributed by atoms with Crippen LogP contribution >= 0.6 is 15.9 Å². The lowest BCUT2D eigenvalue weighted by atomic mass is 10.1.